The first kappa shape index (κ1) is 27.6. The van der Waals surface area contributed by atoms with Gasteiger partial charge in [-0.1, -0.05) is 127 Å². The maximum Gasteiger partial charge on any atom is 0.136 e. The molecule has 0 N–H and O–H groups in total. The van der Waals surface area contributed by atoms with Gasteiger partial charge in [0, 0.05) is 21.5 Å². The van der Waals surface area contributed by atoms with E-state index in [4.69, 9.17) is 9.41 Å². The molecule has 230 valence electrons. The number of aromatic nitrogens is 1. The SMILES string of the molecule is C(=N\c1ccccc1Cc1ccc2c(c1)oc1cc3ccccc3cc12)/n1c2ccccc2c2c3ccccc3c(-c3ccccc3)cc21. The van der Waals surface area contributed by atoms with Crippen LogP contribution in [0.1, 0.15) is 11.1 Å². The first-order valence-electron chi connectivity index (χ1n) is 16.7. The molecule has 0 amide bonds. The van der Waals surface area contributed by atoms with Crippen LogP contribution in [0.3, 0.4) is 0 Å². The number of fused-ring (bicyclic) bond motifs is 9. The second-order valence-electron chi connectivity index (χ2n) is 12.8. The second kappa shape index (κ2) is 11.1. The van der Waals surface area contributed by atoms with Gasteiger partial charge in [-0.3, -0.25) is 4.57 Å². The third-order valence-electron chi connectivity index (χ3n) is 9.90. The van der Waals surface area contributed by atoms with Crippen molar-refractivity contribution >= 4 is 77.3 Å². The molecule has 49 heavy (non-hydrogen) atoms. The van der Waals surface area contributed by atoms with Gasteiger partial charge in [-0.25, -0.2) is 4.99 Å². The van der Waals surface area contributed by atoms with Crippen LogP contribution < -0.4 is 0 Å². The first-order valence-corrected chi connectivity index (χ1v) is 16.7. The normalized spacial score (nSPS) is 12.1. The van der Waals surface area contributed by atoms with E-state index in [1.807, 2.05) is 6.34 Å². The smallest absolute Gasteiger partial charge is 0.136 e. The van der Waals surface area contributed by atoms with Crippen LogP contribution in [-0.4, -0.2) is 10.9 Å². The topological polar surface area (TPSA) is 30.4 Å². The molecule has 0 aliphatic heterocycles. The van der Waals surface area contributed by atoms with Gasteiger partial charge in [-0.15, -0.1) is 0 Å². The van der Waals surface area contributed by atoms with Crippen molar-refractivity contribution in [3.8, 4) is 11.1 Å². The fourth-order valence-electron chi connectivity index (χ4n) is 7.58. The molecule has 8 aromatic carbocycles. The molecule has 10 aromatic rings. The van der Waals surface area contributed by atoms with Crippen molar-refractivity contribution in [1.82, 2.24) is 4.57 Å². The van der Waals surface area contributed by atoms with E-state index in [-0.39, 0.29) is 0 Å². The highest BCUT2D eigenvalue weighted by Gasteiger charge is 2.16. The predicted molar refractivity (Wildman–Crippen MR) is 206 cm³/mol. The Morgan fingerprint density at radius 1 is 0.510 bits per heavy atom. The van der Waals surface area contributed by atoms with E-state index in [0.29, 0.717) is 0 Å². The number of furan rings is 1. The first-order chi connectivity index (χ1) is 24.3. The van der Waals surface area contributed by atoms with Gasteiger partial charge in [0.1, 0.15) is 17.5 Å². The van der Waals surface area contributed by atoms with Gasteiger partial charge in [0.15, 0.2) is 0 Å². The molecular formula is C46H30N2O. The third-order valence-corrected chi connectivity index (χ3v) is 9.90. The van der Waals surface area contributed by atoms with Gasteiger partial charge in [-0.05, 0) is 86.6 Å². The number of hydrogen-bond acceptors (Lipinski definition) is 2. The Morgan fingerprint density at radius 3 is 2.08 bits per heavy atom. The molecule has 0 unspecified atom stereocenters. The van der Waals surface area contributed by atoms with Crippen molar-refractivity contribution in [2.75, 3.05) is 0 Å². The number of benzene rings is 8. The summed E-state index contributed by atoms with van der Waals surface area (Å²) in [4.78, 5) is 5.17. The van der Waals surface area contributed by atoms with Gasteiger partial charge in [0.05, 0.1) is 16.7 Å². The zero-order valence-electron chi connectivity index (χ0n) is 26.7. The van der Waals surface area contributed by atoms with E-state index in [9.17, 15) is 0 Å². The maximum absolute atomic E-state index is 6.39. The Morgan fingerprint density at radius 2 is 1.20 bits per heavy atom. The van der Waals surface area contributed by atoms with Gasteiger partial charge < -0.3 is 4.42 Å². The highest BCUT2D eigenvalue weighted by Crippen LogP contribution is 2.40. The second-order valence-corrected chi connectivity index (χ2v) is 12.8. The minimum absolute atomic E-state index is 0.748. The molecule has 0 spiro atoms. The van der Waals surface area contributed by atoms with Crippen molar-refractivity contribution in [1.29, 1.82) is 0 Å². The molecule has 2 heterocycles. The Balaban J connectivity index is 1.08. The number of aliphatic imine (C=N–C) groups is 1. The summed E-state index contributed by atoms with van der Waals surface area (Å²) in [6.07, 6.45) is 2.75. The number of rotatable bonds is 5. The molecule has 0 saturated carbocycles. The summed E-state index contributed by atoms with van der Waals surface area (Å²) in [6.45, 7) is 0. The summed E-state index contributed by atoms with van der Waals surface area (Å²) < 4.78 is 8.64. The zero-order chi connectivity index (χ0) is 32.3. The summed E-state index contributed by atoms with van der Waals surface area (Å²) >= 11 is 0. The standard InChI is InChI=1S/C46H30N2O/c1-2-12-31(13-3-1)39-28-43-46(37-18-8-7-17-35(37)39)38-19-9-11-21-42(38)48(43)29-47-41-20-10-6-16-34(41)24-30-22-23-36-40-26-32-14-4-5-15-33(32)27-45(40)49-44(36)25-30/h1-23,25-29H,24H2/b47-29+. The van der Waals surface area contributed by atoms with Crippen LogP contribution in [-0.2, 0) is 6.42 Å². The van der Waals surface area contributed by atoms with Crippen molar-refractivity contribution in [2.24, 2.45) is 4.99 Å². The molecule has 0 atom stereocenters. The lowest BCUT2D eigenvalue weighted by atomic mass is 9.95. The molecular weight excluding hydrogens is 597 g/mol. The largest absolute Gasteiger partial charge is 0.456 e. The number of nitrogens with zero attached hydrogens (tertiary/aromatic N) is 2. The highest BCUT2D eigenvalue weighted by atomic mass is 16.3. The average molecular weight is 627 g/mol. The minimum Gasteiger partial charge on any atom is -0.456 e. The molecule has 0 fully saturated rings. The van der Waals surface area contributed by atoms with Crippen LogP contribution >= 0.6 is 0 Å². The minimum atomic E-state index is 0.748. The van der Waals surface area contributed by atoms with Crippen LogP contribution in [0.5, 0.6) is 0 Å². The van der Waals surface area contributed by atoms with Crippen molar-refractivity contribution < 1.29 is 4.42 Å². The maximum atomic E-state index is 6.39. The quantitative estimate of drug-likeness (QED) is 0.138. The Kier molecular flexibility index (Phi) is 6.25. The molecule has 0 saturated heterocycles. The lowest BCUT2D eigenvalue weighted by molar-refractivity contribution is 0.669. The van der Waals surface area contributed by atoms with Crippen molar-refractivity contribution in [3.63, 3.8) is 0 Å². The Labute approximate surface area is 283 Å². The summed E-state index contributed by atoms with van der Waals surface area (Å²) in [5, 5.41) is 9.68. The molecule has 0 radical (unpaired) electrons. The van der Waals surface area contributed by atoms with E-state index >= 15 is 0 Å². The van der Waals surface area contributed by atoms with Gasteiger partial charge in [-0.2, -0.15) is 0 Å². The molecule has 3 nitrogen and oxygen atoms in total. The van der Waals surface area contributed by atoms with E-state index in [2.05, 4.69) is 168 Å². The Bertz CT molecular complexity index is 2910. The lowest BCUT2D eigenvalue weighted by Gasteiger charge is -2.10. The van der Waals surface area contributed by atoms with Crippen LogP contribution in [0.4, 0.5) is 5.69 Å². The van der Waals surface area contributed by atoms with Crippen LogP contribution in [0.2, 0.25) is 0 Å². The van der Waals surface area contributed by atoms with Gasteiger partial charge in [0.25, 0.3) is 0 Å². The highest BCUT2D eigenvalue weighted by molar-refractivity contribution is 6.25. The molecule has 0 aliphatic carbocycles. The molecule has 2 aromatic heterocycles. The fraction of sp³-hybridized carbons (Fsp3) is 0.0217. The fourth-order valence-corrected chi connectivity index (χ4v) is 7.58. The van der Waals surface area contributed by atoms with Crippen LogP contribution in [0, 0.1) is 0 Å². The van der Waals surface area contributed by atoms with Crippen LogP contribution in [0.15, 0.2) is 173 Å². The summed E-state index contributed by atoms with van der Waals surface area (Å²) in [7, 11) is 0. The number of para-hydroxylation sites is 2. The zero-order valence-corrected chi connectivity index (χ0v) is 26.7. The van der Waals surface area contributed by atoms with E-state index < -0.39 is 0 Å². The molecule has 0 bridgehead atoms. The van der Waals surface area contributed by atoms with E-state index in [0.717, 1.165) is 50.6 Å². The van der Waals surface area contributed by atoms with E-state index in [1.54, 1.807) is 0 Å². The third kappa shape index (κ3) is 4.55. The molecule has 0 aliphatic rings. The monoisotopic (exact) mass is 626 g/mol. The number of hydrogen-bond donors (Lipinski definition) is 0. The lowest BCUT2D eigenvalue weighted by Crippen LogP contribution is -1.96. The van der Waals surface area contributed by atoms with Gasteiger partial charge >= 0.3 is 0 Å². The van der Waals surface area contributed by atoms with Crippen molar-refractivity contribution in [2.45, 2.75) is 6.42 Å². The Hall–Kier alpha value is -6.45. The van der Waals surface area contributed by atoms with Crippen LogP contribution in [0.25, 0.3) is 76.4 Å². The van der Waals surface area contributed by atoms with E-state index in [1.165, 1.54) is 49.0 Å². The average Bonchev–Trinajstić information content (AvgIpc) is 3.67. The predicted octanol–water partition coefficient (Wildman–Crippen LogP) is 12.5. The van der Waals surface area contributed by atoms with Gasteiger partial charge in [0.2, 0.25) is 0 Å². The summed E-state index contributed by atoms with van der Waals surface area (Å²) in [5.74, 6) is 0. The summed E-state index contributed by atoms with van der Waals surface area (Å²) in [6, 6.07) is 58.3. The summed E-state index contributed by atoms with van der Waals surface area (Å²) in [5.41, 5.74) is 9.84. The molecule has 3 heteroatoms. The molecule has 10 rings (SSSR count). The van der Waals surface area contributed by atoms with Crippen molar-refractivity contribution in [3.05, 3.63) is 175 Å².